The lowest BCUT2D eigenvalue weighted by Gasteiger charge is -2.18. The molecule has 1 heterocycles. The van der Waals surface area contributed by atoms with Gasteiger partial charge < -0.3 is 0 Å². The maximum atomic E-state index is 4.03. The van der Waals surface area contributed by atoms with E-state index in [9.17, 15) is 0 Å². The minimum Gasteiger partial charge on any atom is -0.253 e. The van der Waals surface area contributed by atoms with Crippen molar-refractivity contribution in [3.05, 3.63) is 16.6 Å². The third-order valence-electron chi connectivity index (χ3n) is 1.43. The van der Waals surface area contributed by atoms with Gasteiger partial charge in [0.2, 0.25) is 0 Å². The highest BCUT2D eigenvalue weighted by Gasteiger charge is 2.19. The summed E-state index contributed by atoms with van der Waals surface area (Å²) in [4.78, 5) is 5.37. The van der Waals surface area contributed by atoms with Crippen LogP contribution in [0, 0.1) is 0 Å². The summed E-state index contributed by atoms with van der Waals surface area (Å²) in [7, 11) is 0. The molecule has 1 aromatic rings. The number of nitrogens with zero attached hydrogens (tertiary/aromatic N) is 1. The Balaban J connectivity index is 2.85. The van der Waals surface area contributed by atoms with Gasteiger partial charge in [-0.3, -0.25) is 4.98 Å². The smallest absolute Gasteiger partial charge is 0.0794 e. The molecule has 0 atom stereocenters. The van der Waals surface area contributed by atoms with Gasteiger partial charge in [-0.2, -0.15) is 0 Å². The van der Waals surface area contributed by atoms with E-state index in [2.05, 4.69) is 34.8 Å². The van der Waals surface area contributed by atoms with E-state index in [4.69, 9.17) is 0 Å². The van der Waals surface area contributed by atoms with Crippen LogP contribution in [0.4, 0.5) is 0 Å². The summed E-state index contributed by atoms with van der Waals surface area (Å²) < 4.78 is 0. The molecule has 0 radical (unpaired) electrons. The quantitative estimate of drug-likeness (QED) is 0.698. The standard InChI is InChI=1S/C7H10BrNS/c1-7(2,4-8)6-3-9-5-10-6/h3,5H,4H2,1-2H3. The number of hydrogen-bond donors (Lipinski definition) is 0. The Bertz CT molecular complexity index is 193. The van der Waals surface area contributed by atoms with Crippen molar-refractivity contribution in [1.29, 1.82) is 0 Å². The van der Waals surface area contributed by atoms with Crippen LogP contribution < -0.4 is 0 Å². The molecule has 0 N–H and O–H groups in total. The van der Waals surface area contributed by atoms with Crippen molar-refractivity contribution in [2.75, 3.05) is 5.33 Å². The lowest BCUT2D eigenvalue weighted by Crippen LogP contribution is -2.16. The van der Waals surface area contributed by atoms with Crippen molar-refractivity contribution in [1.82, 2.24) is 4.98 Å². The Morgan fingerprint density at radius 1 is 1.70 bits per heavy atom. The van der Waals surface area contributed by atoms with Gasteiger partial charge in [0.05, 0.1) is 5.51 Å². The maximum absolute atomic E-state index is 4.03. The second-order valence-electron chi connectivity index (χ2n) is 2.88. The average Bonchev–Trinajstić information content (AvgIpc) is 2.38. The number of aromatic nitrogens is 1. The number of rotatable bonds is 2. The molecule has 0 fully saturated rings. The van der Waals surface area contributed by atoms with Gasteiger partial charge in [-0.25, -0.2) is 0 Å². The van der Waals surface area contributed by atoms with Crippen molar-refractivity contribution in [2.24, 2.45) is 0 Å². The fourth-order valence-corrected chi connectivity index (χ4v) is 1.85. The molecule has 0 aliphatic rings. The molecule has 0 aliphatic heterocycles. The zero-order valence-corrected chi connectivity index (χ0v) is 8.50. The Morgan fingerprint density at radius 3 is 2.80 bits per heavy atom. The Labute approximate surface area is 73.6 Å². The second kappa shape index (κ2) is 3.01. The first kappa shape index (κ1) is 8.21. The second-order valence-corrected chi connectivity index (χ2v) is 4.33. The molecule has 1 aromatic heterocycles. The van der Waals surface area contributed by atoms with E-state index in [1.165, 1.54) is 4.88 Å². The summed E-state index contributed by atoms with van der Waals surface area (Å²) in [5.74, 6) is 0. The minimum atomic E-state index is 0.237. The fourth-order valence-electron chi connectivity index (χ4n) is 0.616. The normalized spacial score (nSPS) is 11.9. The van der Waals surface area contributed by atoms with E-state index in [0.717, 1.165) is 5.33 Å². The maximum Gasteiger partial charge on any atom is 0.0794 e. The Hall–Kier alpha value is 0.110. The first-order valence-corrected chi connectivity index (χ1v) is 5.12. The van der Waals surface area contributed by atoms with Crippen LogP contribution in [0.3, 0.4) is 0 Å². The number of alkyl halides is 1. The van der Waals surface area contributed by atoms with Gasteiger partial charge in [0, 0.05) is 21.8 Å². The molecule has 0 amide bonds. The van der Waals surface area contributed by atoms with Gasteiger partial charge in [0.25, 0.3) is 0 Å². The predicted octanol–water partition coefficient (Wildman–Crippen LogP) is 2.82. The van der Waals surface area contributed by atoms with Gasteiger partial charge in [-0.05, 0) is 0 Å². The van der Waals surface area contributed by atoms with Gasteiger partial charge in [-0.15, -0.1) is 11.3 Å². The first-order chi connectivity index (χ1) is 4.67. The summed E-state index contributed by atoms with van der Waals surface area (Å²) in [5, 5.41) is 0.988. The van der Waals surface area contributed by atoms with E-state index in [0.29, 0.717) is 0 Å². The van der Waals surface area contributed by atoms with E-state index in [1.807, 2.05) is 11.7 Å². The van der Waals surface area contributed by atoms with Crippen LogP contribution >= 0.6 is 27.3 Å². The number of thiazole rings is 1. The zero-order valence-electron chi connectivity index (χ0n) is 6.10. The number of hydrogen-bond acceptors (Lipinski definition) is 2. The zero-order chi connectivity index (χ0) is 7.61. The van der Waals surface area contributed by atoms with Crippen molar-refractivity contribution in [3.8, 4) is 0 Å². The molecular weight excluding hydrogens is 210 g/mol. The molecule has 10 heavy (non-hydrogen) atoms. The molecule has 1 rings (SSSR count). The summed E-state index contributed by atoms with van der Waals surface area (Å²) in [6.45, 7) is 4.41. The summed E-state index contributed by atoms with van der Waals surface area (Å²) in [6, 6.07) is 0. The molecule has 0 bridgehead atoms. The lowest BCUT2D eigenvalue weighted by molar-refractivity contribution is 0.619. The Morgan fingerprint density at radius 2 is 2.40 bits per heavy atom. The Kier molecular flexibility index (Phi) is 2.47. The topological polar surface area (TPSA) is 12.9 Å². The first-order valence-electron chi connectivity index (χ1n) is 3.12. The molecule has 0 saturated carbocycles. The van der Waals surface area contributed by atoms with Crippen molar-refractivity contribution < 1.29 is 0 Å². The van der Waals surface area contributed by atoms with Crippen LogP contribution in [-0.4, -0.2) is 10.3 Å². The van der Waals surface area contributed by atoms with E-state index >= 15 is 0 Å². The summed E-state index contributed by atoms with van der Waals surface area (Å²) in [6.07, 6.45) is 1.94. The van der Waals surface area contributed by atoms with E-state index < -0.39 is 0 Å². The lowest BCUT2D eigenvalue weighted by atomic mass is 9.95. The van der Waals surface area contributed by atoms with Crippen LogP contribution in [0.15, 0.2) is 11.7 Å². The molecule has 3 heteroatoms. The van der Waals surface area contributed by atoms with Crippen LogP contribution in [0.2, 0.25) is 0 Å². The molecular formula is C7H10BrNS. The van der Waals surface area contributed by atoms with E-state index in [-0.39, 0.29) is 5.41 Å². The molecule has 1 nitrogen and oxygen atoms in total. The molecule has 0 saturated heterocycles. The number of halogens is 1. The summed E-state index contributed by atoms with van der Waals surface area (Å²) >= 11 is 5.18. The monoisotopic (exact) mass is 219 g/mol. The SMILES string of the molecule is CC(C)(CBr)c1cncs1. The molecule has 56 valence electrons. The third kappa shape index (κ3) is 1.58. The van der Waals surface area contributed by atoms with Crippen molar-refractivity contribution >= 4 is 27.3 Å². The van der Waals surface area contributed by atoms with Crippen LogP contribution in [-0.2, 0) is 5.41 Å². The highest BCUT2D eigenvalue weighted by molar-refractivity contribution is 9.09. The molecule has 0 spiro atoms. The van der Waals surface area contributed by atoms with Gasteiger partial charge in [0.15, 0.2) is 0 Å². The third-order valence-corrected chi connectivity index (χ3v) is 3.97. The average molecular weight is 220 g/mol. The van der Waals surface area contributed by atoms with Crippen molar-refractivity contribution in [3.63, 3.8) is 0 Å². The minimum absolute atomic E-state index is 0.237. The van der Waals surface area contributed by atoms with Gasteiger partial charge in [-0.1, -0.05) is 29.8 Å². The van der Waals surface area contributed by atoms with Gasteiger partial charge >= 0.3 is 0 Å². The molecule has 0 aliphatic carbocycles. The van der Waals surface area contributed by atoms with E-state index in [1.54, 1.807) is 11.3 Å². The van der Waals surface area contributed by atoms with Crippen LogP contribution in [0.1, 0.15) is 18.7 Å². The largest absolute Gasteiger partial charge is 0.253 e. The predicted molar refractivity (Wildman–Crippen MR) is 48.9 cm³/mol. The van der Waals surface area contributed by atoms with Crippen LogP contribution in [0.25, 0.3) is 0 Å². The van der Waals surface area contributed by atoms with Gasteiger partial charge in [0.1, 0.15) is 0 Å². The summed E-state index contributed by atoms with van der Waals surface area (Å²) in [5.41, 5.74) is 2.11. The highest BCUT2D eigenvalue weighted by Crippen LogP contribution is 2.27. The molecule has 0 aromatic carbocycles. The highest BCUT2D eigenvalue weighted by atomic mass is 79.9. The molecule has 0 unspecified atom stereocenters. The van der Waals surface area contributed by atoms with Crippen LogP contribution in [0.5, 0.6) is 0 Å². The fraction of sp³-hybridized carbons (Fsp3) is 0.571. The van der Waals surface area contributed by atoms with Crippen molar-refractivity contribution in [2.45, 2.75) is 19.3 Å².